The number of nitrogens with one attached hydrogen (secondary N) is 1. The molecule has 214 valence electrons. The van der Waals surface area contributed by atoms with Crippen molar-refractivity contribution < 1.29 is 14.0 Å². The number of para-hydroxylation sites is 2. The molecule has 4 aromatic rings. The summed E-state index contributed by atoms with van der Waals surface area (Å²) in [7, 11) is 0. The SMILES string of the molecule is O=C(NCCCCCc1nc2ccccc2n1CC(=O)N(Cc1ccccc1)C1CCCCC1)c1ccc(F)cc1. The third-order valence-electron chi connectivity index (χ3n) is 8.03. The number of hydrogen-bond acceptors (Lipinski definition) is 3. The number of hydrogen-bond donors (Lipinski definition) is 1. The van der Waals surface area contributed by atoms with Crippen molar-refractivity contribution in [2.24, 2.45) is 0 Å². The van der Waals surface area contributed by atoms with E-state index < -0.39 is 0 Å². The van der Waals surface area contributed by atoms with Crippen LogP contribution in [-0.2, 0) is 24.3 Å². The maximum absolute atomic E-state index is 13.9. The molecule has 1 saturated carbocycles. The minimum absolute atomic E-state index is 0.147. The van der Waals surface area contributed by atoms with Crippen LogP contribution < -0.4 is 5.32 Å². The number of aromatic nitrogens is 2. The normalized spacial score (nSPS) is 13.8. The Morgan fingerprint density at radius 3 is 2.39 bits per heavy atom. The minimum atomic E-state index is -0.354. The number of unbranched alkanes of at least 4 members (excludes halogenated alkanes) is 2. The Hall–Kier alpha value is -4.00. The number of imidazole rings is 1. The Kier molecular flexibility index (Phi) is 9.78. The number of aryl methyl sites for hydroxylation is 1. The molecule has 0 radical (unpaired) electrons. The van der Waals surface area contributed by atoms with E-state index in [-0.39, 0.29) is 30.2 Å². The first-order valence-corrected chi connectivity index (χ1v) is 14.9. The second kappa shape index (κ2) is 14.1. The van der Waals surface area contributed by atoms with Gasteiger partial charge in [0.15, 0.2) is 0 Å². The highest BCUT2D eigenvalue weighted by Gasteiger charge is 2.27. The van der Waals surface area contributed by atoms with Crippen LogP contribution in [0.5, 0.6) is 0 Å². The van der Waals surface area contributed by atoms with Crippen molar-refractivity contribution in [3.63, 3.8) is 0 Å². The number of nitrogens with zero attached hydrogens (tertiary/aromatic N) is 3. The van der Waals surface area contributed by atoms with Crippen molar-refractivity contribution in [3.8, 4) is 0 Å². The van der Waals surface area contributed by atoms with E-state index >= 15 is 0 Å². The first-order chi connectivity index (χ1) is 20.1. The van der Waals surface area contributed by atoms with Crippen molar-refractivity contribution >= 4 is 22.8 Å². The number of carbonyl (C=O) groups excluding carboxylic acids is 2. The number of carbonyl (C=O) groups is 2. The van der Waals surface area contributed by atoms with E-state index in [0.29, 0.717) is 18.7 Å². The van der Waals surface area contributed by atoms with Crippen LogP contribution in [0.15, 0.2) is 78.9 Å². The summed E-state index contributed by atoms with van der Waals surface area (Å²) in [5.74, 6) is 0.530. The van der Waals surface area contributed by atoms with Gasteiger partial charge in [-0.15, -0.1) is 0 Å². The van der Waals surface area contributed by atoms with Crippen molar-refractivity contribution in [1.82, 2.24) is 19.8 Å². The number of fused-ring (bicyclic) bond motifs is 1. The zero-order valence-corrected chi connectivity index (χ0v) is 23.6. The molecule has 6 nitrogen and oxygen atoms in total. The molecule has 0 saturated heterocycles. The standard InChI is InChI=1S/C34H39FN4O2/c35-28-21-19-27(20-22-28)34(41)36-23-11-3-8-18-32-37-30-16-9-10-17-31(30)39(32)25-33(40)38(29-14-6-2-7-15-29)24-26-12-4-1-5-13-26/h1,4-5,9-10,12-13,16-17,19-22,29H,2-3,6-8,11,14-15,18,23-25H2,(H,36,41). The fourth-order valence-electron chi connectivity index (χ4n) is 5.80. The first kappa shape index (κ1) is 28.5. The summed E-state index contributed by atoms with van der Waals surface area (Å²) in [6.07, 6.45) is 9.13. The van der Waals surface area contributed by atoms with Crippen molar-refractivity contribution in [1.29, 1.82) is 0 Å². The van der Waals surface area contributed by atoms with Gasteiger partial charge in [-0.2, -0.15) is 0 Å². The van der Waals surface area contributed by atoms with E-state index in [4.69, 9.17) is 4.98 Å². The van der Waals surface area contributed by atoms with Crippen LogP contribution in [-0.4, -0.2) is 38.9 Å². The average Bonchev–Trinajstić information content (AvgIpc) is 3.35. The Balaban J connectivity index is 1.21. The van der Waals surface area contributed by atoms with E-state index in [1.807, 2.05) is 42.5 Å². The summed E-state index contributed by atoms with van der Waals surface area (Å²) >= 11 is 0. The van der Waals surface area contributed by atoms with E-state index in [2.05, 4.69) is 26.9 Å². The topological polar surface area (TPSA) is 67.2 Å². The predicted molar refractivity (Wildman–Crippen MR) is 160 cm³/mol. The molecule has 41 heavy (non-hydrogen) atoms. The van der Waals surface area contributed by atoms with E-state index in [1.54, 1.807) is 0 Å². The molecule has 5 rings (SSSR count). The monoisotopic (exact) mass is 554 g/mol. The third kappa shape index (κ3) is 7.60. The van der Waals surface area contributed by atoms with Gasteiger partial charge in [0, 0.05) is 31.1 Å². The summed E-state index contributed by atoms with van der Waals surface area (Å²) < 4.78 is 15.2. The maximum Gasteiger partial charge on any atom is 0.251 e. The van der Waals surface area contributed by atoms with Gasteiger partial charge in [-0.05, 0) is 67.6 Å². The largest absolute Gasteiger partial charge is 0.352 e. The van der Waals surface area contributed by atoms with Gasteiger partial charge >= 0.3 is 0 Å². The van der Waals surface area contributed by atoms with Crippen molar-refractivity contribution in [2.45, 2.75) is 76.9 Å². The van der Waals surface area contributed by atoms with Crippen LogP contribution in [0.4, 0.5) is 4.39 Å². The van der Waals surface area contributed by atoms with Crippen LogP contribution in [0.3, 0.4) is 0 Å². The zero-order chi connectivity index (χ0) is 28.4. The minimum Gasteiger partial charge on any atom is -0.352 e. The fraction of sp³-hybridized carbons (Fsp3) is 0.382. The number of amides is 2. The van der Waals surface area contributed by atoms with Crippen LogP contribution in [0.1, 0.15) is 73.1 Å². The first-order valence-electron chi connectivity index (χ1n) is 14.9. The van der Waals surface area contributed by atoms with Crippen LogP contribution in [0.25, 0.3) is 11.0 Å². The highest BCUT2D eigenvalue weighted by molar-refractivity contribution is 5.94. The molecule has 1 N–H and O–H groups in total. The molecule has 1 heterocycles. The predicted octanol–water partition coefficient (Wildman–Crippen LogP) is 6.68. The lowest BCUT2D eigenvalue weighted by atomic mass is 9.93. The summed E-state index contributed by atoms with van der Waals surface area (Å²) in [5, 5.41) is 2.91. The van der Waals surface area contributed by atoms with Gasteiger partial charge in [0.1, 0.15) is 18.2 Å². The Morgan fingerprint density at radius 2 is 1.61 bits per heavy atom. The zero-order valence-electron chi connectivity index (χ0n) is 23.6. The summed E-state index contributed by atoms with van der Waals surface area (Å²) in [4.78, 5) is 33.2. The van der Waals surface area contributed by atoms with E-state index in [1.165, 1.54) is 43.5 Å². The fourth-order valence-corrected chi connectivity index (χ4v) is 5.80. The van der Waals surface area contributed by atoms with Crippen molar-refractivity contribution in [3.05, 3.63) is 102 Å². The Morgan fingerprint density at radius 1 is 0.878 bits per heavy atom. The molecule has 2 amide bonds. The van der Waals surface area contributed by atoms with Gasteiger partial charge in [-0.25, -0.2) is 9.37 Å². The smallest absolute Gasteiger partial charge is 0.251 e. The number of rotatable bonds is 12. The molecule has 0 aliphatic heterocycles. The van der Waals surface area contributed by atoms with Crippen molar-refractivity contribution in [2.75, 3.05) is 6.54 Å². The molecule has 1 aliphatic rings. The lowest BCUT2D eigenvalue weighted by Crippen LogP contribution is -2.42. The molecular formula is C34H39FN4O2. The molecule has 3 aromatic carbocycles. The lowest BCUT2D eigenvalue weighted by molar-refractivity contribution is -0.135. The lowest BCUT2D eigenvalue weighted by Gasteiger charge is -2.35. The van der Waals surface area contributed by atoms with Crippen LogP contribution in [0.2, 0.25) is 0 Å². The molecule has 0 atom stereocenters. The highest BCUT2D eigenvalue weighted by atomic mass is 19.1. The van der Waals surface area contributed by atoms with Gasteiger partial charge in [0.25, 0.3) is 5.91 Å². The van der Waals surface area contributed by atoms with E-state index in [0.717, 1.165) is 60.9 Å². The van der Waals surface area contributed by atoms with Gasteiger partial charge in [-0.3, -0.25) is 9.59 Å². The van der Waals surface area contributed by atoms with Gasteiger partial charge in [-0.1, -0.05) is 68.1 Å². The second-order valence-electron chi connectivity index (χ2n) is 11.0. The summed E-state index contributed by atoms with van der Waals surface area (Å²) in [6, 6.07) is 24.2. The quantitative estimate of drug-likeness (QED) is 0.199. The summed E-state index contributed by atoms with van der Waals surface area (Å²) in [6.45, 7) is 1.48. The molecule has 0 bridgehead atoms. The third-order valence-corrected chi connectivity index (χ3v) is 8.03. The molecule has 1 fully saturated rings. The second-order valence-corrected chi connectivity index (χ2v) is 11.0. The number of benzene rings is 3. The van der Waals surface area contributed by atoms with Crippen LogP contribution in [0, 0.1) is 5.82 Å². The Bertz CT molecular complexity index is 1430. The molecular weight excluding hydrogens is 515 g/mol. The molecule has 0 unspecified atom stereocenters. The maximum atomic E-state index is 13.9. The van der Waals surface area contributed by atoms with Gasteiger partial charge < -0.3 is 14.8 Å². The van der Waals surface area contributed by atoms with Gasteiger partial charge in [0.2, 0.25) is 5.91 Å². The highest BCUT2D eigenvalue weighted by Crippen LogP contribution is 2.26. The van der Waals surface area contributed by atoms with Gasteiger partial charge in [0.05, 0.1) is 11.0 Å². The molecule has 1 aromatic heterocycles. The molecule has 7 heteroatoms. The number of halogens is 1. The summed E-state index contributed by atoms with van der Waals surface area (Å²) in [5.41, 5.74) is 3.52. The van der Waals surface area contributed by atoms with Crippen LogP contribution >= 0.6 is 0 Å². The molecule has 1 aliphatic carbocycles. The Labute approximate surface area is 241 Å². The average molecular weight is 555 g/mol. The molecule has 0 spiro atoms. The van der Waals surface area contributed by atoms with E-state index in [9.17, 15) is 14.0 Å².